The molecule has 0 unspecified atom stereocenters. The van der Waals surface area contributed by atoms with Gasteiger partial charge in [0.25, 0.3) is 5.91 Å². The third kappa shape index (κ3) is 2.31. The first-order valence-electron chi connectivity index (χ1n) is 5.75. The van der Waals surface area contributed by atoms with Gasteiger partial charge in [0.2, 0.25) is 0 Å². The quantitative estimate of drug-likeness (QED) is 0.838. The minimum absolute atomic E-state index is 0.283. The van der Waals surface area contributed by atoms with Gasteiger partial charge >= 0.3 is 0 Å². The molecule has 5 nitrogen and oxygen atoms in total. The van der Waals surface area contributed by atoms with Crippen molar-refractivity contribution in [3.05, 3.63) is 34.9 Å². The number of anilines is 1. The number of nitrogen functional groups attached to an aromatic ring is 1. The predicted octanol–water partition coefficient (Wildman–Crippen LogP) is 1.89. The maximum absolute atomic E-state index is 11.5. The topological polar surface area (TPSA) is 86.9 Å². The highest BCUT2D eigenvalue weighted by Crippen LogP contribution is 2.28. The highest BCUT2D eigenvalue weighted by Gasteiger charge is 2.21. The number of hydrogen-bond acceptors (Lipinski definition) is 4. The molecule has 0 aliphatic heterocycles. The van der Waals surface area contributed by atoms with Crippen LogP contribution in [-0.4, -0.2) is 21.9 Å². The molecular weight excluding hydrogens is 260 g/mol. The molecule has 1 heterocycles. The molecule has 0 fully saturated rings. The Morgan fingerprint density at radius 2 is 2.05 bits per heavy atom. The van der Waals surface area contributed by atoms with E-state index in [1.54, 1.807) is 4.68 Å². The van der Waals surface area contributed by atoms with Crippen LogP contribution in [-0.2, 0) is 0 Å². The van der Waals surface area contributed by atoms with E-state index in [1.165, 1.54) is 11.8 Å². The first-order chi connectivity index (χ1) is 8.95. The lowest BCUT2D eigenvalue weighted by Gasteiger charge is -2.08. The van der Waals surface area contributed by atoms with E-state index in [2.05, 4.69) is 5.10 Å². The van der Waals surface area contributed by atoms with Crippen molar-refractivity contribution in [2.24, 2.45) is 5.73 Å². The molecule has 100 valence electrons. The van der Waals surface area contributed by atoms with E-state index >= 15 is 0 Å². The monoisotopic (exact) mass is 276 g/mol. The Hall–Kier alpha value is -1.95. The zero-order valence-corrected chi connectivity index (χ0v) is 11.9. The summed E-state index contributed by atoms with van der Waals surface area (Å²) in [6.07, 6.45) is 1.83. The number of hydrogen-bond donors (Lipinski definition) is 2. The fraction of sp³-hybridized carbons (Fsp3) is 0.231. The van der Waals surface area contributed by atoms with Crippen LogP contribution in [0, 0.1) is 13.8 Å². The zero-order chi connectivity index (χ0) is 14.2. The minimum Gasteiger partial charge on any atom is -0.383 e. The Bertz CT molecular complexity index is 648. The smallest absolute Gasteiger partial charge is 0.255 e. The van der Waals surface area contributed by atoms with Crippen molar-refractivity contribution >= 4 is 23.5 Å². The summed E-state index contributed by atoms with van der Waals surface area (Å²) in [7, 11) is 0. The average molecular weight is 276 g/mol. The molecule has 2 aromatic rings. The average Bonchev–Trinajstić information content (AvgIpc) is 2.69. The molecule has 0 aliphatic rings. The van der Waals surface area contributed by atoms with Gasteiger partial charge in [-0.3, -0.25) is 4.79 Å². The Balaban J connectivity index is 2.70. The van der Waals surface area contributed by atoms with Crippen molar-refractivity contribution < 1.29 is 4.79 Å². The van der Waals surface area contributed by atoms with Gasteiger partial charge in [-0.1, -0.05) is 12.1 Å². The molecule has 0 bridgehead atoms. The van der Waals surface area contributed by atoms with E-state index in [4.69, 9.17) is 11.5 Å². The van der Waals surface area contributed by atoms with Crippen LogP contribution < -0.4 is 11.5 Å². The van der Waals surface area contributed by atoms with Crippen molar-refractivity contribution in [3.8, 4) is 5.69 Å². The molecule has 0 spiro atoms. The van der Waals surface area contributed by atoms with Gasteiger partial charge in [-0.15, -0.1) is 11.8 Å². The number of aryl methyl sites for hydroxylation is 2. The number of nitrogens with zero attached hydrogens (tertiary/aromatic N) is 2. The molecule has 1 aromatic heterocycles. The van der Waals surface area contributed by atoms with E-state index in [0.29, 0.717) is 5.03 Å². The summed E-state index contributed by atoms with van der Waals surface area (Å²) in [5.74, 6) is -0.274. The number of carbonyl (C=O) groups excluding carboxylic acids is 1. The van der Waals surface area contributed by atoms with Crippen molar-refractivity contribution in [2.75, 3.05) is 12.0 Å². The molecule has 6 heteroatoms. The molecular formula is C13H16N4OS. The predicted molar refractivity (Wildman–Crippen MR) is 77.7 cm³/mol. The van der Waals surface area contributed by atoms with E-state index in [0.717, 1.165) is 16.8 Å². The van der Waals surface area contributed by atoms with Crippen LogP contribution in [0.25, 0.3) is 5.69 Å². The van der Waals surface area contributed by atoms with E-state index < -0.39 is 5.91 Å². The maximum atomic E-state index is 11.5. The number of carbonyl (C=O) groups is 1. The van der Waals surface area contributed by atoms with Crippen LogP contribution in [0.3, 0.4) is 0 Å². The third-order valence-electron chi connectivity index (χ3n) is 2.92. The number of primary amides is 1. The van der Waals surface area contributed by atoms with Crippen LogP contribution in [0.15, 0.2) is 23.2 Å². The first kappa shape index (κ1) is 13.5. The summed E-state index contributed by atoms with van der Waals surface area (Å²) in [5, 5.41) is 4.92. The van der Waals surface area contributed by atoms with Crippen molar-refractivity contribution in [1.29, 1.82) is 0 Å². The van der Waals surface area contributed by atoms with Crippen molar-refractivity contribution in [2.45, 2.75) is 18.9 Å². The second kappa shape index (κ2) is 4.97. The molecule has 1 amide bonds. The summed E-state index contributed by atoms with van der Waals surface area (Å²) in [6.45, 7) is 3.96. The molecule has 0 atom stereocenters. The number of nitrogens with two attached hydrogens (primary N) is 2. The van der Waals surface area contributed by atoms with Crippen molar-refractivity contribution in [1.82, 2.24) is 9.78 Å². The summed E-state index contributed by atoms with van der Waals surface area (Å²) < 4.78 is 1.58. The first-order valence-corrected chi connectivity index (χ1v) is 6.98. The lowest BCUT2D eigenvalue weighted by molar-refractivity contribution is 0.0998. The van der Waals surface area contributed by atoms with Crippen LogP contribution in [0.4, 0.5) is 5.82 Å². The van der Waals surface area contributed by atoms with Gasteiger partial charge in [-0.25, -0.2) is 4.68 Å². The van der Waals surface area contributed by atoms with Gasteiger partial charge in [-0.05, 0) is 37.3 Å². The molecule has 0 aliphatic carbocycles. The van der Waals surface area contributed by atoms with Gasteiger partial charge < -0.3 is 11.5 Å². The van der Waals surface area contributed by atoms with E-state index in [1.807, 2.05) is 38.3 Å². The van der Waals surface area contributed by atoms with Gasteiger partial charge in [-0.2, -0.15) is 5.10 Å². The summed E-state index contributed by atoms with van der Waals surface area (Å²) in [6, 6.07) is 5.99. The number of thioether (sulfide) groups is 1. The molecule has 4 N–H and O–H groups in total. The van der Waals surface area contributed by atoms with Crippen molar-refractivity contribution in [3.63, 3.8) is 0 Å². The van der Waals surface area contributed by atoms with Crippen LogP contribution in [0.2, 0.25) is 0 Å². The largest absolute Gasteiger partial charge is 0.383 e. The van der Waals surface area contributed by atoms with Crippen LogP contribution >= 0.6 is 11.8 Å². The lowest BCUT2D eigenvalue weighted by Crippen LogP contribution is -2.14. The Morgan fingerprint density at radius 1 is 1.37 bits per heavy atom. The second-order valence-electron chi connectivity index (χ2n) is 4.34. The fourth-order valence-electron chi connectivity index (χ4n) is 1.92. The molecule has 2 rings (SSSR count). The molecule has 0 saturated heterocycles. The fourth-order valence-corrected chi connectivity index (χ4v) is 2.49. The Morgan fingerprint density at radius 3 is 2.58 bits per heavy atom. The minimum atomic E-state index is -0.557. The SMILES string of the molecule is CSc1nn(-c2cc(C)ccc2C)c(N)c1C(N)=O. The number of benzene rings is 1. The second-order valence-corrected chi connectivity index (χ2v) is 5.13. The molecule has 19 heavy (non-hydrogen) atoms. The van der Waals surface area contributed by atoms with Crippen LogP contribution in [0.5, 0.6) is 0 Å². The lowest BCUT2D eigenvalue weighted by atomic mass is 10.1. The maximum Gasteiger partial charge on any atom is 0.255 e. The van der Waals surface area contributed by atoms with Gasteiger partial charge in [0.05, 0.1) is 5.69 Å². The summed E-state index contributed by atoms with van der Waals surface area (Å²) in [4.78, 5) is 11.5. The Labute approximate surface area is 116 Å². The van der Waals surface area contributed by atoms with E-state index in [-0.39, 0.29) is 11.4 Å². The number of amides is 1. The highest BCUT2D eigenvalue weighted by atomic mass is 32.2. The van der Waals surface area contributed by atoms with Crippen LogP contribution in [0.1, 0.15) is 21.5 Å². The normalized spacial score (nSPS) is 10.7. The summed E-state index contributed by atoms with van der Waals surface area (Å²) >= 11 is 1.35. The van der Waals surface area contributed by atoms with Gasteiger partial charge in [0.15, 0.2) is 0 Å². The molecule has 0 saturated carbocycles. The molecule has 1 aromatic carbocycles. The number of rotatable bonds is 3. The van der Waals surface area contributed by atoms with Gasteiger partial charge in [0, 0.05) is 0 Å². The highest BCUT2D eigenvalue weighted by molar-refractivity contribution is 7.98. The standard InChI is InChI=1S/C13H16N4OS/c1-7-4-5-8(2)9(6-7)17-11(14)10(12(15)18)13(16-17)19-3/h4-6H,14H2,1-3H3,(H2,15,18). The zero-order valence-electron chi connectivity index (χ0n) is 11.1. The Kier molecular flexibility index (Phi) is 3.53. The third-order valence-corrected chi connectivity index (χ3v) is 3.59. The number of aromatic nitrogens is 2. The van der Waals surface area contributed by atoms with E-state index in [9.17, 15) is 4.79 Å². The van der Waals surface area contributed by atoms with Gasteiger partial charge in [0.1, 0.15) is 16.4 Å². The molecule has 0 radical (unpaired) electrons. The summed E-state index contributed by atoms with van der Waals surface area (Å²) in [5.41, 5.74) is 14.7.